The molecule has 1 N–H and O–H groups in total. The van der Waals surface area contributed by atoms with Gasteiger partial charge >= 0.3 is 5.97 Å². The Hall–Kier alpha value is -2.75. The molecular formula is C21H25N3O5S. The second-order valence-electron chi connectivity index (χ2n) is 6.99. The van der Waals surface area contributed by atoms with Crippen LogP contribution in [0.2, 0.25) is 0 Å². The lowest BCUT2D eigenvalue weighted by atomic mass is 10.1. The van der Waals surface area contributed by atoms with Gasteiger partial charge in [-0.05, 0) is 50.4 Å². The fourth-order valence-electron chi connectivity index (χ4n) is 3.12. The van der Waals surface area contributed by atoms with Crippen molar-refractivity contribution >= 4 is 27.6 Å². The summed E-state index contributed by atoms with van der Waals surface area (Å²) in [6.07, 6.45) is 0. The summed E-state index contributed by atoms with van der Waals surface area (Å²) < 4.78 is 32.3. The van der Waals surface area contributed by atoms with Crippen LogP contribution in [0, 0.1) is 0 Å². The van der Waals surface area contributed by atoms with Gasteiger partial charge in [0.1, 0.15) is 0 Å². The van der Waals surface area contributed by atoms with Crippen LogP contribution in [0.15, 0.2) is 53.4 Å². The van der Waals surface area contributed by atoms with E-state index in [0.29, 0.717) is 37.4 Å². The molecule has 1 amide bonds. The van der Waals surface area contributed by atoms with Crippen LogP contribution < -0.4 is 5.32 Å². The first-order valence-electron chi connectivity index (χ1n) is 9.68. The molecule has 0 saturated carbocycles. The second-order valence-corrected chi connectivity index (χ2v) is 8.93. The monoisotopic (exact) mass is 431 g/mol. The Kier molecular flexibility index (Phi) is 6.86. The summed E-state index contributed by atoms with van der Waals surface area (Å²) in [6, 6.07) is 12.4. The molecule has 8 nitrogen and oxygen atoms in total. The van der Waals surface area contributed by atoms with Gasteiger partial charge in [0, 0.05) is 37.4 Å². The van der Waals surface area contributed by atoms with Crippen molar-refractivity contribution < 1.29 is 22.7 Å². The van der Waals surface area contributed by atoms with Gasteiger partial charge in [-0.25, -0.2) is 13.2 Å². The molecule has 0 aromatic heterocycles. The van der Waals surface area contributed by atoms with Crippen LogP contribution >= 0.6 is 0 Å². The SMILES string of the molecule is CCOC(=O)c1cccc(NC(=O)c2cccc(S(=O)(=O)N3CCN(C)CC3)c2)c1. The molecule has 160 valence electrons. The number of hydrogen-bond donors (Lipinski definition) is 1. The number of hydrogen-bond acceptors (Lipinski definition) is 6. The normalized spacial score (nSPS) is 15.5. The van der Waals surface area contributed by atoms with Gasteiger partial charge in [-0.15, -0.1) is 0 Å². The van der Waals surface area contributed by atoms with Crippen molar-refractivity contribution in [3.8, 4) is 0 Å². The van der Waals surface area contributed by atoms with Crippen LogP contribution in [0.3, 0.4) is 0 Å². The zero-order valence-electron chi connectivity index (χ0n) is 17.0. The Morgan fingerprint density at radius 3 is 2.37 bits per heavy atom. The fraction of sp³-hybridized carbons (Fsp3) is 0.333. The number of benzene rings is 2. The Balaban J connectivity index is 1.77. The number of piperazine rings is 1. The summed E-state index contributed by atoms with van der Waals surface area (Å²) in [7, 11) is -1.72. The lowest BCUT2D eigenvalue weighted by Crippen LogP contribution is -2.47. The minimum atomic E-state index is -3.67. The molecule has 30 heavy (non-hydrogen) atoms. The molecule has 0 aliphatic carbocycles. The maximum absolute atomic E-state index is 12.9. The summed E-state index contributed by atoms with van der Waals surface area (Å²) in [4.78, 5) is 26.7. The molecule has 0 atom stereocenters. The lowest BCUT2D eigenvalue weighted by Gasteiger charge is -2.31. The highest BCUT2D eigenvalue weighted by Gasteiger charge is 2.28. The molecule has 3 rings (SSSR count). The van der Waals surface area contributed by atoms with Gasteiger partial charge in [-0.3, -0.25) is 4.79 Å². The Bertz CT molecular complexity index is 1030. The highest BCUT2D eigenvalue weighted by Crippen LogP contribution is 2.20. The molecule has 1 saturated heterocycles. The standard InChI is InChI=1S/C21H25N3O5S/c1-3-29-21(26)17-7-4-8-18(14-17)22-20(25)16-6-5-9-19(15-16)30(27,28)24-12-10-23(2)11-13-24/h4-9,14-15H,3,10-13H2,1-2H3,(H,22,25). The molecule has 9 heteroatoms. The van der Waals surface area contributed by atoms with Crippen molar-refractivity contribution in [3.05, 3.63) is 59.7 Å². The van der Waals surface area contributed by atoms with Crippen molar-refractivity contribution in [1.82, 2.24) is 9.21 Å². The van der Waals surface area contributed by atoms with Crippen LogP contribution in [0.1, 0.15) is 27.6 Å². The number of anilines is 1. The van der Waals surface area contributed by atoms with Crippen molar-refractivity contribution in [3.63, 3.8) is 0 Å². The summed E-state index contributed by atoms with van der Waals surface area (Å²) in [5.41, 5.74) is 0.950. The minimum absolute atomic E-state index is 0.0833. The largest absolute Gasteiger partial charge is 0.462 e. The highest BCUT2D eigenvalue weighted by atomic mass is 32.2. The number of nitrogens with one attached hydrogen (secondary N) is 1. The van der Waals surface area contributed by atoms with Crippen LogP contribution in [0.25, 0.3) is 0 Å². The molecule has 2 aromatic rings. The zero-order valence-corrected chi connectivity index (χ0v) is 17.8. The predicted octanol–water partition coefficient (Wildman–Crippen LogP) is 2.05. The quantitative estimate of drug-likeness (QED) is 0.704. The van der Waals surface area contributed by atoms with Gasteiger partial charge in [0.15, 0.2) is 0 Å². The number of sulfonamides is 1. The lowest BCUT2D eigenvalue weighted by molar-refractivity contribution is 0.0526. The van der Waals surface area contributed by atoms with Gasteiger partial charge in [-0.2, -0.15) is 4.31 Å². The first kappa shape index (κ1) is 21.9. The number of esters is 1. The van der Waals surface area contributed by atoms with Crippen molar-refractivity contribution in [2.75, 3.05) is 45.2 Å². The van der Waals surface area contributed by atoms with E-state index in [0.717, 1.165) is 0 Å². The minimum Gasteiger partial charge on any atom is -0.462 e. The topological polar surface area (TPSA) is 96.0 Å². The van der Waals surface area contributed by atoms with E-state index in [1.807, 2.05) is 7.05 Å². The third-order valence-corrected chi connectivity index (χ3v) is 6.72. The van der Waals surface area contributed by atoms with E-state index in [4.69, 9.17) is 4.74 Å². The molecule has 0 spiro atoms. The fourth-order valence-corrected chi connectivity index (χ4v) is 4.59. The van der Waals surface area contributed by atoms with E-state index in [1.54, 1.807) is 37.3 Å². The van der Waals surface area contributed by atoms with Crippen LogP contribution in [0.5, 0.6) is 0 Å². The average molecular weight is 432 g/mol. The Morgan fingerprint density at radius 2 is 1.67 bits per heavy atom. The van der Waals surface area contributed by atoms with Crippen molar-refractivity contribution in [2.24, 2.45) is 0 Å². The molecule has 1 heterocycles. The van der Waals surface area contributed by atoms with Gasteiger partial charge in [0.25, 0.3) is 5.91 Å². The molecule has 1 fully saturated rings. The van der Waals surface area contributed by atoms with E-state index >= 15 is 0 Å². The van der Waals surface area contributed by atoms with E-state index in [2.05, 4.69) is 10.2 Å². The predicted molar refractivity (Wildman–Crippen MR) is 113 cm³/mol. The van der Waals surface area contributed by atoms with Gasteiger partial charge in [-0.1, -0.05) is 12.1 Å². The maximum atomic E-state index is 12.9. The van der Waals surface area contributed by atoms with Crippen LogP contribution in [0.4, 0.5) is 5.69 Å². The number of carbonyl (C=O) groups excluding carboxylic acids is 2. The number of ether oxygens (including phenoxy) is 1. The number of rotatable bonds is 6. The number of carbonyl (C=O) groups is 2. The van der Waals surface area contributed by atoms with Gasteiger partial charge in [0.05, 0.1) is 17.1 Å². The first-order valence-corrected chi connectivity index (χ1v) is 11.1. The van der Waals surface area contributed by atoms with E-state index < -0.39 is 21.9 Å². The Labute approximate surface area is 176 Å². The molecule has 1 aliphatic heterocycles. The number of nitrogens with zero attached hydrogens (tertiary/aromatic N) is 2. The molecule has 0 bridgehead atoms. The smallest absolute Gasteiger partial charge is 0.338 e. The van der Waals surface area contributed by atoms with Crippen molar-refractivity contribution in [2.45, 2.75) is 11.8 Å². The van der Waals surface area contributed by atoms with Gasteiger partial charge < -0.3 is 15.0 Å². The summed E-state index contributed by atoms with van der Waals surface area (Å²) >= 11 is 0. The van der Waals surface area contributed by atoms with Crippen LogP contribution in [-0.4, -0.2) is 69.3 Å². The van der Waals surface area contributed by atoms with Crippen LogP contribution in [-0.2, 0) is 14.8 Å². The summed E-state index contributed by atoms with van der Waals surface area (Å²) in [6.45, 7) is 4.12. The molecule has 1 aliphatic rings. The Morgan fingerprint density at radius 1 is 1.00 bits per heavy atom. The summed E-state index contributed by atoms with van der Waals surface area (Å²) in [5, 5.41) is 2.70. The molecule has 0 unspecified atom stereocenters. The summed E-state index contributed by atoms with van der Waals surface area (Å²) in [5.74, 6) is -0.944. The third kappa shape index (κ3) is 5.05. The maximum Gasteiger partial charge on any atom is 0.338 e. The molecule has 0 radical (unpaired) electrons. The first-order chi connectivity index (χ1) is 14.3. The zero-order chi connectivity index (χ0) is 21.7. The number of amides is 1. The molecular weight excluding hydrogens is 406 g/mol. The third-order valence-electron chi connectivity index (χ3n) is 4.83. The van der Waals surface area contributed by atoms with Crippen molar-refractivity contribution in [1.29, 1.82) is 0 Å². The average Bonchev–Trinajstić information content (AvgIpc) is 2.74. The highest BCUT2D eigenvalue weighted by molar-refractivity contribution is 7.89. The van der Waals surface area contributed by atoms with E-state index in [1.165, 1.54) is 22.5 Å². The van der Waals surface area contributed by atoms with E-state index in [9.17, 15) is 18.0 Å². The second kappa shape index (κ2) is 9.38. The van der Waals surface area contributed by atoms with Gasteiger partial charge in [0.2, 0.25) is 10.0 Å². The molecule has 2 aromatic carbocycles. The number of likely N-dealkylation sites (N-methyl/N-ethyl adjacent to an activating group) is 1. The van der Waals surface area contributed by atoms with E-state index in [-0.39, 0.29) is 17.1 Å².